The first-order valence-corrected chi connectivity index (χ1v) is 7.48. The molecule has 0 aliphatic heterocycles. The van der Waals surface area contributed by atoms with Gasteiger partial charge in [0.25, 0.3) is 5.91 Å². The fourth-order valence-electron chi connectivity index (χ4n) is 1.96. The van der Waals surface area contributed by atoms with Crippen molar-refractivity contribution >= 4 is 23.4 Å². The smallest absolute Gasteiger partial charge is 0.251 e. The minimum absolute atomic E-state index is 0.0300. The predicted molar refractivity (Wildman–Crippen MR) is 86.9 cm³/mol. The highest BCUT2D eigenvalue weighted by molar-refractivity contribution is 6.30. The molecule has 2 amide bonds. The van der Waals surface area contributed by atoms with Crippen molar-refractivity contribution in [3.8, 4) is 0 Å². The van der Waals surface area contributed by atoms with Gasteiger partial charge in [0.2, 0.25) is 5.91 Å². The van der Waals surface area contributed by atoms with Crippen molar-refractivity contribution in [3.63, 3.8) is 0 Å². The van der Waals surface area contributed by atoms with Crippen LogP contribution in [-0.4, -0.2) is 24.9 Å². The SMILES string of the molecule is O=C(Cc1ccccc1F)NCCNC(=O)c1ccc(Cl)cc1. The van der Waals surface area contributed by atoms with Crippen molar-refractivity contribution in [2.45, 2.75) is 6.42 Å². The van der Waals surface area contributed by atoms with Crippen LogP contribution in [0.15, 0.2) is 48.5 Å². The lowest BCUT2D eigenvalue weighted by Crippen LogP contribution is -2.35. The molecule has 0 saturated heterocycles. The molecule has 4 nitrogen and oxygen atoms in total. The molecule has 6 heteroatoms. The second kappa shape index (κ2) is 8.29. The number of hydrogen-bond donors (Lipinski definition) is 2. The highest BCUT2D eigenvalue weighted by atomic mass is 35.5. The first-order valence-electron chi connectivity index (χ1n) is 7.10. The fourth-order valence-corrected chi connectivity index (χ4v) is 2.08. The fraction of sp³-hybridized carbons (Fsp3) is 0.176. The van der Waals surface area contributed by atoms with Gasteiger partial charge in [0, 0.05) is 23.7 Å². The largest absolute Gasteiger partial charge is 0.354 e. The lowest BCUT2D eigenvalue weighted by Gasteiger charge is -2.08. The summed E-state index contributed by atoms with van der Waals surface area (Å²) in [5.74, 6) is -0.945. The molecular weight excluding hydrogens is 319 g/mol. The molecule has 2 aromatic carbocycles. The summed E-state index contributed by atoms with van der Waals surface area (Å²) in [4.78, 5) is 23.5. The Labute approximate surface area is 138 Å². The molecule has 0 spiro atoms. The number of nitrogens with one attached hydrogen (secondary N) is 2. The van der Waals surface area contributed by atoms with E-state index in [0.29, 0.717) is 16.1 Å². The topological polar surface area (TPSA) is 58.2 Å². The Morgan fingerprint density at radius 1 is 0.957 bits per heavy atom. The van der Waals surface area contributed by atoms with E-state index in [0.717, 1.165) is 0 Å². The maximum absolute atomic E-state index is 13.4. The highest BCUT2D eigenvalue weighted by Gasteiger charge is 2.08. The summed E-state index contributed by atoms with van der Waals surface area (Å²) in [5.41, 5.74) is 0.835. The second-order valence-electron chi connectivity index (χ2n) is 4.88. The maximum atomic E-state index is 13.4. The van der Waals surface area contributed by atoms with Crippen LogP contribution in [0.1, 0.15) is 15.9 Å². The van der Waals surface area contributed by atoms with Crippen LogP contribution in [0.25, 0.3) is 0 Å². The number of carbonyl (C=O) groups is 2. The summed E-state index contributed by atoms with van der Waals surface area (Å²) < 4.78 is 13.4. The quantitative estimate of drug-likeness (QED) is 0.798. The number of amides is 2. The number of hydrogen-bond acceptors (Lipinski definition) is 2. The van der Waals surface area contributed by atoms with E-state index in [1.165, 1.54) is 6.07 Å². The normalized spacial score (nSPS) is 10.2. The molecule has 0 radical (unpaired) electrons. The Hall–Kier alpha value is -2.40. The van der Waals surface area contributed by atoms with Gasteiger partial charge >= 0.3 is 0 Å². The molecule has 0 aliphatic carbocycles. The summed E-state index contributed by atoms with van der Waals surface area (Å²) in [5, 5.41) is 5.87. The zero-order valence-corrected chi connectivity index (χ0v) is 13.1. The molecule has 0 atom stereocenters. The van der Waals surface area contributed by atoms with Crippen molar-refractivity contribution in [1.29, 1.82) is 0 Å². The second-order valence-corrected chi connectivity index (χ2v) is 5.32. The summed E-state index contributed by atoms with van der Waals surface area (Å²) >= 11 is 5.75. The van der Waals surface area contributed by atoms with Gasteiger partial charge in [-0.05, 0) is 35.9 Å². The predicted octanol–water partition coefficient (Wildman–Crippen LogP) is 2.57. The van der Waals surface area contributed by atoms with Gasteiger partial charge in [-0.1, -0.05) is 29.8 Å². The van der Waals surface area contributed by atoms with E-state index < -0.39 is 5.82 Å². The van der Waals surface area contributed by atoms with Crippen LogP contribution in [0.4, 0.5) is 4.39 Å². The van der Waals surface area contributed by atoms with Gasteiger partial charge in [0.1, 0.15) is 5.82 Å². The van der Waals surface area contributed by atoms with Crippen LogP contribution in [0, 0.1) is 5.82 Å². The molecule has 0 fully saturated rings. The van der Waals surface area contributed by atoms with E-state index in [4.69, 9.17) is 11.6 Å². The van der Waals surface area contributed by atoms with Gasteiger partial charge in [-0.25, -0.2) is 4.39 Å². The first kappa shape index (κ1) is 17.0. The van der Waals surface area contributed by atoms with Crippen LogP contribution < -0.4 is 10.6 Å². The van der Waals surface area contributed by atoms with Crippen LogP contribution in [0.2, 0.25) is 5.02 Å². The molecule has 2 N–H and O–H groups in total. The Bertz CT molecular complexity index is 689. The van der Waals surface area contributed by atoms with Gasteiger partial charge in [0.05, 0.1) is 6.42 Å². The van der Waals surface area contributed by atoms with E-state index in [9.17, 15) is 14.0 Å². The Morgan fingerprint density at radius 3 is 2.30 bits per heavy atom. The van der Waals surface area contributed by atoms with Crippen molar-refractivity contribution in [1.82, 2.24) is 10.6 Å². The average molecular weight is 335 g/mol. The van der Waals surface area contributed by atoms with Crippen molar-refractivity contribution < 1.29 is 14.0 Å². The van der Waals surface area contributed by atoms with Gasteiger partial charge in [-0.3, -0.25) is 9.59 Å². The van der Waals surface area contributed by atoms with E-state index in [-0.39, 0.29) is 31.3 Å². The molecule has 2 aromatic rings. The summed E-state index contributed by atoms with van der Waals surface area (Å²) in [6, 6.07) is 12.6. The number of halogens is 2. The van der Waals surface area contributed by atoms with Crippen LogP contribution >= 0.6 is 11.6 Å². The van der Waals surface area contributed by atoms with Crippen LogP contribution in [0.5, 0.6) is 0 Å². The lowest BCUT2D eigenvalue weighted by molar-refractivity contribution is -0.120. The third kappa shape index (κ3) is 5.38. The summed E-state index contributed by atoms with van der Waals surface area (Å²) in [7, 11) is 0. The van der Waals surface area contributed by atoms with Gasteiger partial charge < -0.3 is 10.6 Å². The molecule has 0 bridgehead atoms. The maximum Gasteiger partial charge on any atom is 0.251 e. The third-order valence-electron chi connectivity index (χ3n) is 3.15. The van der Waals surface area contributed by atoms with Crippen LogP contribution in [-0.2, 0) is 11.2 Å². The van der Waals surface area contributed by atoms with Crippen molar-refractivity contribution in [2.75, 3.05) is 13.1 Å². The van der Waals surface area contributed by atoms with E-state index in [1.54, 1.807) is 42.5 Å². The monoisotopic (exact) mass is 334 g/mol. The molecule has 0 saturated carbocycles. The molecule has 23 heavy (non-hydrogen) atoms. The first-order chi connectivity index (χ1) is 11.1. The zero-order chi connectivity index (χ0) is 16.7. The average Bonchev–Trinajstić information content (AvgIpc) is 2.54. The van der Waals surface area contributed by atoms with E-state index in [2.05, 4.69) is 10.6 Å². The number of benzene rings is 2. The van der Waals surface area contributed by atoms with E-state index in [1.807, 2.05) is 0 Å². The number of rotatable bonds is 6. The Morgan fingerprint density at radius 2 is 1.61 bits per heavy atom. The summed E-state index contributed by atoms with van der Waals surface area (Å²) in [6.07, 6.45) is -0.0300. The Balaban J connectivity index is 1.71. The molecular formula is C17H16ClFN2O2. The molecule has 2 rings (SSSR count). The van der Waals surface area contributed by atoms with E-state index >= 15 is 0 Å². The number of carbonyl (C=O) groups excluding carboxylic acids is 2. The van der Waals surface area contributed by atoms with Crippen molar-refractivity contribution in [2.24, 2.45) is 0 Å². The summed E-state index contributed by atoms with van der Waals surface area (Å²) in [6.45, 7) is 0.553. The molecule has 0 heterocycles. The Kier molecular flexibility index (Phi) is 6.11. The molecule has 120 valence electrons. The standard InChI is InChI=1S/C17H16ClFN2O2/c18-14-7-5-12(6-8-14)17(23)21-10-9-20-16(22)11-13-3-1-2-4-15(13)19/h1-8H,9-11H2,(H,20,22)(H,21,23). The van der Waals surface area contributed by atoms with Gasteiger partial charge in [-0.2, -0.15) is 0 Å². The van der Waals surface area contributed by atoms with Crippen molar-refractivity contribution in [3.05, 3.63) is 70.5 Å². The van der Waals surface area contributed by atoms with Crippen LogP contribution in [0.3, 0.4) is 0 Å². The molecule has 0 aliphatic rings. The molecule has 0 aromatic heterocycles. The third-order valence-corrected chi connectivity index (χ3v) is 3.40. The minimum atomic E-state index is -0.404. The zero-order valence-electron chi connectivity index (χ0n) is 12.3. The van der Waals surface area contributed by atoms with Gasteiger partial charge in [0.15, 0.2) is 0 Å². The molecule has 0 unspecified atom stereocenters. The highest BCUT2D eigenvalue weighted by Crippen LogP contribution is 2.09. The minimum Gasteiger partial charge on any atom is -0.354 e. The lowest BCUT2D eigenvalue weighted by atomic mass is 10.1. The van der Waals surface area contributed by atoms with Gasteiger partial charge in [-0.15, -0.1) is 0 Å².